The van der Waals surface area contributed by atoms with Crippen LogP contribution in [-0.2, 0) is 25.5 Å². The molecule has 3 heterocycles. The number of nitrogens with one attached hydrogen (secondary N) is 1. The molecule has 0 atom stereocenters. The largest absolute Gasteiger partial charge is 0.455 e. The van der Waals surface area contributed by atoms with Gasteiger partial charge in [0, 0.05) is 42.5 Å². The van der Waals surface area contributed by atoms with Crippen LogP contribution in [0.2, 0.25) is 0 Å². The Balaban J connectivity index is 1.49. The summed E-state index contributed by atoms with van der Waals surface area (Å²) in [5.74, 6) is -0.172. The number of anilines is 2. The maximum Gasteiger partial charge on any atom is 0.294 e. The summed E-state index contributed by atoms with van der Waals surface area (Å²) in [6, 6.07) is 6.63. The van der Waals surface area contributed by atoms with Crippen LogP contribution in [0.4, 0.5) is 11.4 Å². The molecule has 1 saturated carbocycles. The van der Waals surface area contributed by atoms with Crippen molar-refractivity contribution in [2.24, 2.45) is 0 Å². The third-order valence-electron chi connectivity index (χ3n) is 7.69. The molecule has 1 aliphatic carbocycles. The summed E-state index contributed by atoms with van der Waals surface area (Å²) in [5.41, 5.74) is 1.88. The van der Waals surface area contributed by atoms with Crippen LogP contribution in [0.5, 0.6) is 0 Å². The Morgan fingerprint density at radius 1 is 0.972 bits per heavy atom. The molecule has 9 nitrogen and oxygen atoms in total. The van der Waals surface area contributed by atoms with E-state index in [2.05, 4.69) is 4.72 Å². The first-order valence-corrected chi connectivity index (χ1v) is 15.9. The van der Waals surface area contributed by atoms with E-state index in [0.717, 1.165) is 68.9 Å². The molecule has 1 amide bonds. The zero-order chi connectivity index (χ0) is 25.7. The first-order valence-electron chi connectivity index (χ1n) is 12.6. The number of rotatable bonds is 5. The minimum Gasteiger partial charge on any atom is -0.455 e. The molecule has 0 unspecified atom stereocenters. The van der Waals surface area contributed by atoms with Gasteiger partial charge in [-0.15, -0.1) is 0 Å². The number of sulfonamides is 2. The Morgan fingerprint density at radius 3 is 2.31 bits per heavy atom. The number of nitrogens with zero attached hydrogens (tertiary/aromatic N) is 2. The lowest BCUT2D eigenvalue weighted by Crippen LogP contribution is -2.38. The highest BCUT2D eigenvalue weighted by atomic mass is 32.2. The van der Waals surface area contributed by atoms with Crippen LogP contribution in [0, 0.1) is 6.92 Å². The van der Waals surface area contributed by atoms with Gasteiger partial charge in [0.2, 0.25) is 20.0 Å². The Kier molecular flexibility index (Phi) is 6.45. The Hall–Kier alpha value is -2.37. The van der Waals surface area contributed by atoms with Gasteiger partial charge in [0.05, 0.1) is 6.26 Å². The maximum atomic E-state index is 13.7. The van der Waals surface area contributed by atoms with Crippen molar-refractivity contribution in [3.63, 3.8) is 0 Å². The number of fused-ring (bicyclic) bond motifs is 2. The molecule has 3 aliphatic rings. The standard InChI is InChI=1S/C25H33N3O6S2/c1-18-23(36(32,33)27-13-7-4-8-14-27)16-22(34-18)24(29)28-17-25(11-5-3-6-12-25)20-15-19(9-10-21(20)28)26-35(2,30)31/h9-10,15-16,26H,3-8,11-14,17H2,1-2H3. The van der Waals surface area contributed by atoms with Gasteiger partial charge in [-0.2, -0.15) is 4.31 Å². The van der Waals surface area contributed by atoms with Gasteiger partial charge < -0.3 is 9.32 Å². The monoisotopic (exact) mass is 535 g/mol. The van der Waals surface area contributed by atoms with Crippen molar-refractivity contribution in [3.05, 3.63) is 41.3 Å². The summed E-state index contributed by atoms with van der Waals surface area (Å²) >= 11 is 0. The first kappa shape index (κ1) is 25.3. The molecular weight excluding hydrogens is 502 g/mol. The summed E-state index contributed by atoms with van der Waals surface area (Å²) in [6.45, 7) is 2.99. The Bertz CT molecular complexity index is 1380. The minimum atomic E-state index is -3.74. The van der Waals surface area contributed by atoms with E-state index in [-0.39, 0.29) is 27.7 Å². The number of piperidine rings is 1. The highest BCUT2D eigenvalue weighted by Crippen LogP contribution is 2.50. The number of hydrogen-bond donors (Lipinski definition) is 1. The zero-order valence-corrected chi connectivity index (χ0v) is 22.4. The molecule has 1 spiro atoms. The van der Waals surface area contributed by atoms with Gasteiger partial charge in [-0.25, -0.2) is 16.8 Å². The highest BCUT2D eigenvalue weighted by Gasteiger charge is 2.46. The van der Waals surface area contributed by atoms with E-state index in [1.54, 1.807) is 24.0 Å². The van der Waals surface area contributed by atoms with E-state index < -0.39 is 20.0 Å². The summed E-state index contributed by atoms with van der Waals surface area (Å²) in [5, 5.41) is 0. The first-order chi connectivity index (χ1) is 17.0. The normalized spacial score (nSPS) is 20.4. The third-order valence-corrected chi connectivity index (χ3v) is 10.3. The second-order valence-electron chi connectivity index (χ2n) is 10.3. The fourth-order valence-corrected chi connectivity index (χ4v) is 8.22. The summed E-state index contributed by atoms with van der Waals surface area (Å²) in [4.78, 5) is 15.4. The van der Waals surface area contributed by atoms with Crippen LogP contribution in [-0.4, -0.2) is 52.9 Å². The van der Waals surface area contributed by atoms with Crippen LogP contribution < -0.4 is 9.62 Å². The predicted octanol–water partition coefficient (Wildman–Crippen LogP) is 4.00. The van der Waals surface area contributed by atoms with E-state index in [1.165, 1.54) is 10.4 Å². The summed E-state index contributed by atoms with van der Waals surface area (Å²) < 4.78 is 59.9. The number of carbonyl (C=O) groups is 1. The molecule has 11 heteroatoms. The van der Waals surface area contributed by atoms with E-state index in [0.29, 0.717) is 25.3 Å². The molecule has 2 aromatic rings. The van der Waals surface area contributed by atoms with Crippen molar-refractivity contribution < 1.29 is 26.0 Å². The molecule has 196 valence electrons. The Labute approximate surface area is 212 Å². The van der Waals surface area contributed by atoms with Crippen molar-refractivity contribution in [2.75, 3.05) is 35.5 Å². The third kappa shape index (κ3) is 4.56. The fraction of sp³-hybridized carbons (Fsp3) is 0.560. The minimum absolute atomic E-state index is 0.000214. The van der Waals surface area contributed by atoms with E-state index >= 15 is 0 Å². The van der Waals surface area contributed by atoms with Crippen LogP contribution in [0.3, 0.4) is 0 Å². The van der Waals surface area contributed by atoms with Crippen molar-refractivity contribution in [1.29, 1.82) is 0 Å². The average molecular weight is 536 g/mol. The average Bonchev–Trinajstić information content (AvgIpc) is 3.38. The lowest BCUT2D eigenvalue weighted by atomic mass is 9.70. The predicted molar refractivity (Wildman–Crippen MR) is 137 cm³/mol. The molecule has 1 aromatic heterocycles. The lowest BCUT2D eigenvalue weighted by molar-refractivity contribution is 0.0954. The highest BCUT2D eigenvalue weighted by molar-refractivity contribution is 7.92. The zero-order valence-electron chi connectivity index (χ0n) is 20.7. The van der Waals surface area contributed by atoms with Crippen LogP contribution in [0.1, 0.15) is 73.2 Å². The SMILES string of the molecule is Cc1oc(C(=O)N2CC3(CCCCC3)c3cc(NS(C)(=O)=O)ccc32)cc1S(=O)(=O)N1CCCCC1. The van der Waals surface area contributed by atoms with E-state index in [4.69, 9.17) is 4.42 Å². The number of benzene rings is 1. The van der Waals surface area contributed by atoms with Gasteiger partial charge in [0.25, 0.3) is 5.91 Å². The lowest BCUT2D eigenvalue weighted by Gasteiger charge is -2.34. The number of hydrogen-bond acceptors (Lipinski definition) is 6. The van der Waals surface area contributed by atoms with Gasteiger partial charge >= 0.3 is 0 Å². The number of amides is 1. The summed E-state index contributed by atoms with van der Waals surface area (Å²) in [6.07, 6.45) is 8.76. The second kappa shape index (κ2) is 9.18. The van der Waals surface area contributed by atoms with Crippen LogP contribution in [0.25, 0.3) is 0 Å². The van der Waals surface area contributed by atoms with Gasteiger partial charge in [-0.3, -0.25) is 9.52 Å². The number of carbonyl (C=O) groups excluding carboxylic acids is 1. The smallest absolute Gasteiger partial charge is 0.294 e. The van der Waals surface area contributed by atoms with Crippen molar-refractivity contribution >= 4 is 37.3 Å². The van der Waals surface area contributed by atoms with E-state index in [9.17, 15) is 21.6 Å². The Morgan fingerprint density at radius 2 is 1.64 bits per heavy atom. The molecule has 0 radical (unpaired) electrons. The van der Waals surface area contributed by atoms with Gasteiger partial charge in [-0.1, -0.05) is 25.7 Å². The maximum absolute atomic E-state index is 13.7. The van der Waals surface area contributed by atoms with Crippen molar-refractivity contribution in [3.8, 4) is 0 Å². The number of aryl methyl sites for hydroxylation is 1. The molecule has 36 heavy (non-hydrogen) atoms. The van der Waals surface area contributed by atoms with Gasteiger partial charge in [-0.05, 0) is 56.4 Å². The number of furan rings is 1. The molecule has 5 rings (SSSR count). The van der Waals surface area contributed by atoms with Crippen molar-refractivity contribution in [1.82, 2.24) is 4.31 Å². The molecular formula is C25H33N3O6S2. The molecule has 0 bridgehead atoms. The van der Waals surface area contributed by atoms with E-state index in [1.807, 2.05) is 6.07 Å². The van der Waals surface area contributed by atoms with Gasteiger partial charge in [0.1, 0.15) is 10.7 Å². The topological polar surface area (TPSA) is 117 Å². The summed E-state index contributed by atoms with van der Waals surface area (Å²) in [7, 11) is -7.18. The van der Waals surface area contributed by atoms with Crippen LogP contribution >= 0.6 is 0 Å². The molecule has 1 N–H and O–H groups in total. The van der Waals surface area contributed by atoms with Gasteiger partial charge in [0.15, 0.2) is 5.76 Å². The second-order valence-corrected chi connectivity index (χ2v) is 14.0. The molecule has 1 saturated heterocycles. The molecule has 2 fully saturated rings. The quantitative estimate of drug-likeness (QED) is 0.619. The fourth-order valence-electron chi connectivity index (χ4n) is 5.99. The van der Waals surface area contributed by atoms with Crippen LogP contribution in [0.15, 0.2) is 33.6 Å². The molecule has 2 aliphatic heterocycles. The van der Waals surface area contributed by atoms with Crippen molar-refractivity contribution in [2.45, 2.75) is 68.6 Å². The molecule has 1 aromatic carbocycles.